The van der Waals surface area contributed by atoms with Crippen molar-refractivity contribution in [3.05, 3.63) is 35.9 Å². The van der Waals surface area contributed by atoms with E-state index in [1.807, 2.05) is 11.0 Å². The van der Waals surface area contributed by atoms with Gasteiger partial charge in [0.1, 0.15) is 0 Å². The number of carbonyl (C=O) groups is 2. The van der Waals surface area contributed by atoms with Crippen LogP contribution in [0, 0.1) is 17.3 Å². The van der Waals surface area contributed by atoms with E-state index in [-0.39, 0.29) is 23.3 Å². The van der Waals surface area contributed by atoms with Crippen molar-refractivity contribution in [2.75, 3.05) is 53.0 Å². The lowest BCUT2D eigenvalue weighted by Gasteiger charge is -2.50. The van der Waals surface area contributed by atoms with Crippen molar-refractivity contribution >= 4 is 11.9 Å². The number of nitrogens with one attached hydrogen (secondary N) is 2. The van der Waals surface area contributed by atoms with Crippen LogP contribution in [0.1, 0.15) is 18.4 Å². The smallest absolute Gasteiger partial charge is 0.317 e. The largest absolute Gasteiger partial charge is 0.383 e. The molecule has 1 unspecified atom stereocenters. The predicted octanol–water partition coefficient (Wildman–Crippen LogP) is 1.30. The zero-order valence-corrected chi connectivity index (χ0v) is 17.2. The SMILES string of the molecule is COCCNC(=O)N1CC2(CN(Cc3ccccc3)CC2C(=O)NCC2CC2)C1. The highest BCUT2D eigenvalue weighted by Crippen LogP contribution is 2.44. The Morgan fingerprint density at radius 2 is 1.90 bits per heavy atom. The number of hydrogen-bond donors (Lipinski definition) is 2. The van der Waals surface area contributed by atoms with Crippen molar-refractivity contribution in [1.29, 1.82) is 0 Å². The molecule has 1 aromatic rings. The third kappa shape index (κ3) is 4.73. The second-order valence-corrected chi connectivity index (χ2v) is 8.84. The van der Waals surface area contributed by atoms with Crippen molar-refractivity contribution < 1.29 is 14.3 Å². The number of benzene rings is 1. The maximum Gasteiger partial charge on any atom is 0.317 e. The number of rotatable bonds is 8. The highest BCUT2D eigenvalue weighted by Gasteiger charge is 2.57. The lowest BCUT2D eigenvalue weighted by molar-refractivity contribution is -0.131. The topological polar surface area (TPSA) is 73.9 Å². The van der Waals surface area contributed by atoms with Crippen LogP contribution < -0.4 is 10.6 Å². The Labute approximate surface area is 172 Å². The molecule has 2 N–H and O–H groups in total. The predicted molar refractivity (Wildman–Crippen MR) is 110 cm³/mol. The summed E-state index contributed by atoms with van der Waals surface area (Å²) in [7, 11) is 1.62. The van der Waals surface area contributed by atoms with Gasteiger partial charge in [0, 0.05) is 58.3 Å². The zero-order valence-electron chi connectivity index (χ0n) is 17.2. The summed E-state index contributed by atoms with van der Waals surface area (Å²) in [5.41, 5.74) is 1.12. The van der Waals surface area contributed by atoms with E-state index in [2.05, 4.69) is 39.8 Å². The van der Waals surface area contributed by atoms with Crippen molar-refractivity contribution in [3.8, 4) is 0 Å². The molecule has 1 spiro atoms. The van der Waals surface area contributed by atoms with Crippen molar-refractivity contribution in [2.45, 2.75) is 19.4 Å². The minimum atomic E-state index is -0.138. The van der Waals surface area contributed by atoms with E-state index >= 15 is 0 Å². The summed E-state index contributed by atoms with van der Waals surface area (Å²) in [6.45, 7) is 5.53. The van der Waals surface area contributed by atoms with Gasteiger partial charge in [-0.2, -0.15) is 0 Å². The van der Waals surface area contributed by atoms with E-state index in [0.717, 1.165) is 26.2 Å². The first-order valence-electron chi connectivity index (χ1n) is 10.7. The van der Waals surface area contributed by atoms with Crippen LogP contribution >= 0.6 is 0 Å². The maximum absolute atomic E-state index is 13.0. The molecular weight excluding hydrogens is 368 g/mol. The maximum atomic E-state index is 13.0. The number of urea groups is 1. The molecule has 1 saturated carbocycles. The number of likely N-dealkylation sites (tertiary alicyclic amines) is 2. The summed E-state index contributed by atoms with van der Waals surface area (Å²) in [5.74, 6) is 0.765. The molecule has 2 heterocycles. The molecule has 29 heavy (non-hydrogen) atoms. The molecule has 2 saturated heterocycles. The fourth-order valence-corrected chi connectivity index (χ4v) is 4.63. The van der Waals surface area contributed by atoms with Crippen molar-refractivity contribution in [2.24, 2.45) is 17.3 Å². The van der Waals surface area contributed by atoms with Gasteiger partial charge in [-0.3, -0.25) is 9.69 Å². The molecule has 4 rings (SSSR count). The molecule has 1 atom stereocenters. The standard InChI is InChI=1S/C22H32N4O3/c1-29-10-9-23-21(28)26-15-22(16-26)14-25(12-18-5-3-2-4-6-18)13-19(22)20(27)24-11-17-7-8-17/h2-6,17,19H,7-16H2,1H3,(H,23,28)(H,24,27). The van der Waals surface area contributed by atoms with Gasteiger partial charge < -0.3 is 20.3 Å². The molecule has 1 aliphatic carbocycles. The average Bonchev–Trinajstić information content (AvgIpc) is 3.45. The van der Waals surface area contributed by atoms with Gasteiger partial charge in [0.05, 0.1) is 12.5 Å². The molecule has 0 radical (unpaired) electrons. The number of methoxy groups -OCH3 is 1. The van der Waals surface area contributed by atoms with Crippen LogP contribution in [0.25, 0.3) is 0 Å². The van der Waals surface area contributed by atoms with Crippen LogP contribution in [0.4, 0.5) is 4.79 Å². The second-order valence-electron chi connectivity index (χ2n) is 8.84. The van der Waals surface area contributed by atoms with Crippen LogP contribution in [-0.4, -0.2) is 74.7 Å². The van der Waals surface area contributed by atoms with Gasteiger partial charge in [-0.25, -0.2) is 4.79 Å². The van der Waals surface area contributed by atoms with Crippen LogP contribution in [0.5, 0.6) is 0 Å². The average molecular weight is 401 g/mol. The van der Waals surface area contributed by atoms with Crippen molar-refractivity contribution in [1.82, 2.24) is 20.4 Å². The number of ether oxygens (including phenoxy) is 1. The van der Waals surface area contributed by atoms with E-state index in [1.54, 1.807) is 7.11 Å². The van der Waals surface area contributed by atoms with E-state index in [4.69, 9.17) is 4.74 Å². The van der Waals surface area contributed by atoms with Gasteiger partial charge >= 0.3 is 6.03 Å². The van der Waals surface area contributed by atoms with Gasteiger partial charge in [0.15, 0.2) is 0 Å². The van der Waals surface area contributed by atoms with Crippen LogP contribution in [-0.2, 0) is 16.1 Å². The molecule has 0 bridgehead atoms. The summed E-state index contributed by atoms with van der Waals surface area (Å²) < 4.78 is 4.99. The third-order valence-electron chi connectivity index (χ3n) is 6.43. The van der Waals surface area contributed by atoms with Gasteiger partial charge in [-0.05, 0) is 24.3 Å². The van der Waals surface area contributed by atoms with Crippen LogP contribution in [0.3, 0.4) is 0 Å². The minimum Gasteiger partial charge on any atom is -0.383 e. The van der Waals surface area contributed by atoms with Gasteiger partial charge in [0.25, 0.3) is 0 Å². The molecule has 3 aliphatic rings. The normalized spacial score (nSPS) is 23.1. The second kappa shape index (κ2) is 8.71. The van der Waals surface area contributed by atoms with Gasteiger partial charge in [-0.1, -0.05) is 30.3 Å². The Kier molecular flexibility index (Phi) is 6.06. The van der Waals surface area contributed by atoms with E-state index in [1.165, 1.54) is 18.4 Å². The first kappa shape index (κ1) is 20.2. The van der Waals surface area contributed by atoms with E-state index in [9.17, 15) is 9.59 Å². The van der Waals surface area contributed by atoms with Gasteiger partial charge in [0.2, 0.25) is 5.91 Å². The number of amides is 3. The number of nitrogens with zero attached hydrogens (tertiary/aromatic N) is 2. The van der Waals surface area contributed by atoms with Gasteiger partial charge in [-0.15, -0.1) is 0 Å². The number of hydrogen-bond acceptors (Lipinski definition) is 4. The molecule has 2 aliphatic heterocycles. The Balaban J connectivity index is 1.38. The van der Waals surface area contributed by atoms with Crippen LogP contribution in [0.15, 0.2) is 30.3 Å². The van der Waals surface area contributed by atoms with Crippen LogP contribution in [0.2, 0.25) is 0 Å². The lowest BCUT2D eigenvalue weighted by Crippen LogP contribution is -2.65. The molecule has 3 fully saturated rings. The fourth-order valence-electron chi connectivity index (χ4n) is 4.63. The Hall–Kier alpha value is -2.12. The monoisotopic (exact) mass is 400 g/mol. The summed E-state index contributed by atoms with van der Waals surface area (Å²) in [6.07, 6.45) is 2.46. The summed E-state index contributed by atoms with van der Waals surface area (Å²) in [6, 6.07) is 10.3. The molecule has 3 amide bonds. The first-order valence-corrected chi connectivity index (χ1v) is 10.7. The Morgan fingerprint density at radius 3 is 2.59 bits per heavy atom. The highest BCUT2D eigenvalue weighted by atomic mass is 16.5. The molecular formula is C22H32N4O3. The fraction of sp³-hybridized carbons (Fsp3) is 0.636. The first-order chi connectivity index (χ1) is 14.1. The third-order valence-corrected chi connectivity index (χ3v) is 6.43. The zero-order chi connectivity index (χ0) is 20.3. The lowest BCUT2D eigenvalue weighted by atomic mass is 9.71. The number of carbonyl (C=O) groups excluding carboxylic acids is 2. The summed E-state index contributed by atoms with van der Waals surface area (Å²) >= 11 is 0. The molecule has 7 nitrogen and oxygen atoms in total. The highest BCUT2D eigenvalue weighted by molar-refractivity contribution is 5.82. The molecule has 158 valence electrons. The summed E-state index contributed by atoms with van der Waals surface area (Å²) in [4.78, 5) is 29.5. The Morgan fingerprint density at radius 1 is 1.14 bits per heavy atom. The Bertz CT molecular complexity index is 716. The molecule has 0 aromatic heterocycles. The van der Waals surface area contributed by atoms with Crippen molar-refractivity contribution in [3.63, 3.8) is 0 Å². The quantitative estimate of drug-likeness (QED) is 0.645. The summed E-state index contributed by atoms with van der Waals surface area (Å²) in [5, 5.41) is 6.06. The molecule has 7 heteroatoms. The van der Waals surface area contributed by atoms with E-state index < -0.39 is 0 Å². The van der Waals surface area contributed by atoms with E-state index in [0.29, 0.717) is 32.2 Å². The molecule has 1 aromatic carbocycles. The minimum absolute atomic E-state index is 0.0620.